The summed E-state index contributed by atoms with van der Waals surface area (Å²) < 4.78 is 1.78. The first kappa shape index (κ1) is 21.7. The van der Waals surface area contributed by atoms with Crippen molar-refractivity contribution in [3.05, 3.63) is 16.6 Å². The lowest BCUT2D eigenvalue weighted by Crippen LogP contribution is -2.50. The predicted molar refractivity (Wildman–Crippen MR) is 110 cm³/mol. The molecule has 3 heterocycles. The van der Waals surface area contributed by atoms with Crippen LogP contribution >= 0.6 is 23.7 Å². The highest BCUT2D eigenvalue weighted by molar-refractivity contribution is 7.20. The van der Waals surface area contributed by atoms with Crippen molar-refractivity contribution in [2.45, 2.75) is 45.7 Å². The molecule has 2 unspecified atom stereocenters. The number of rotatable bonds is 4. The van der Waals surface area contributed by atoms with Gasteiger partial charge in [0.05, 0.1) is 10.6 Å². The van der Waals surface area contributed by atoms with Crippen LogP contribution in [0.1, 0.15) is 42.1 Å². The second-order valence-electron chi connectivity index (χ2n) is 7.26. The van der Waals surface area contributed by atoms with Crippen LogP contribution in [0.25, 0.3) is 10.2 Å². The van der Waals surface area contributed by atoms with Crippen LogP contribution in [0, 0.1) is 12.8 Å². The van der Waals surface area contributed by atoms with Gasteiger partial charge in [0.1, 0.15) is 10.9 Å². The summed E-state index contributed by atoms with van der Waals surface area (Å²) in [5, 5.41) is 8.17. The molecule has 0 bridgehead atoms. The first-order valence-corrected chi connectivity index (χ1v) is 9.88. The second kappa shape index (κ2) is 8.58. The van der Waals surface area contributed by atoms with E-state index >= 15 is 0 Å². The minimum atomic E-state index is -0.543. The summed E-state index contributed by atoms with van der Waals surface area (Å²) in [5.41, 5.74) is 6.86. The van der Waals surface area contributed by atoms with Crippen LogP contribution in [-0.2, 0) is 11.8 Å². The van der Waals surface area contributed by atoms with Crippen molar-refractivity contribution in [3.8, 4) is 0 Å². The van der Waals surface area contributed by atoms with E-state index in [9.17, 15) is 9.59 Å². The summed E-state index contributed by atoms with van der Waals surface area (Å²) in [5.74, 6) is 0.233. The Morgan fingerprint density at radius 2 is 1.96 bits per heavy atom. The van der Waals surface area contributed by atoms with Crippen LogP contribution < -0.4 is 11.1 Å². The maximum atomic E-state index is 12.6. The molecule has 0 aliphatic carbocycles. The summed E-state index contributed by atoms with van der Waals surface area (Å²) in [6, 6.07) is 1.47. The van der Waals surface area contributed by atoms with Crippen molar-refractivity contribution in [1.82, 2.24) is 20.0 Å². The number of nitrogens with two attached hydrogens (primary N) is 1. The third kappa shape index (κ3) is 4.44. The van der Waals surface area contributed by atoms with Crippen LogP contribution in [0.15, 0.2) is 6.07 Å². The Balaban J connectivity index is 0.00000261. The molecule has 3 rings (SSSR count). The standard InChI is InChI=1S/C18H27N5O2S.ClH/c1-10(19)13-5-7-23(8-6-13)17(25)12(3)20-16(24)15-9-14-11(2)21-22(4)18(14)26-15;/h9-10,12-13H,5-8,19H2,1-4H3,(H,20,24);1H. The number of piperidine rings is 1. The fraction of sp³-hybridized carbons (Fsp3) is 0.611. The van der Waals surface area contributed by atoms with Crippen molar-refractivity contribution < 1.29 is 9.59 Å². The van der Waals surface area contributed by atoms with Crippen molar-refractivity contribution >= 4 is 45.8 Å². The Morgan fingerprint density at radius 3 is 2.52 bits per heavy atom. The molecule has 150 valence electrons. The van der Waals surface area contributed by atoms with Crippen LogP contribution in [0.4, 0.5) is 0 Å². The number of nitrogens with one attached hydrogen (secondary N) is 1. The maximum Gasteiger partial charge on any atom is 0.262 e. The van der Waals surface area contributed by atoms with E-state index in [1.807, 2.05) is 31.9 Å². The van der Waals surface area contributed by atoms with Gasteiger partial charge in [0.25, 0.3) is 5.91 Å². The second-order valence-corrected chi connectivity index (χ2v) is 8.29. The molecule has 2 aromatic rings. The molecule has 27 heavy (non-hydrogen) atoms. The largest absolute Gasteiger partial charge is 0.341 e. The van der Waals surface area contributed by atoms with E-state index < -0.39 is 6.04 Å². The normalized spacial score (nSPS) is 17.4. The molecule has 9 heteroatoms. The van der Waals surface area contributed by atoms with E-state index in [1.165, 1.54) is 11.3 Å². The quantitative estimate of drug-likeness (QED) is 0.802. The van der Waals surface area contributed by atoms with Gasteiger partial charge < -0.3 is 16.0 Å². The number of amides is 2. The molecule has 2 amide bonds. The van der Waals surface area contributed by atoms with Gasteiger partial charge in [0, 0.05) is 31.6 Å². The average molecular weight is 414 g/mol. The van der Waals surface area contributed by atoms with Gasteiger partial charge in [-0.15, -0.1) is 23.7 Å². The minimum absolute atomic E-state index is 0. The van der Waals surface area contributed by atoms with E-state index in [0.717, 1.165) is 28.8 Å². The molecule has 1 aliphatic rings. The SMILES string of the molecule is Cc1nn(C)c2sc(C(=O)NC(C)C(=O)N3CCC(C(C)N)CC3)cc12.Cl. The summed E-state index contributed by atoms with van der Waals surface area (Å²) in [6.07, 6.45) is 1.85. The van der Waals surface area contributed by atoms with Gasteiger partial charge in [0.15, 0.2) is 0 Å². The van der Waals surface area contributed by atoms with E-state index in [1.54, 1.807) is 11.6 Å². The van der Waals surface area contributed by atoms with Crippen molar-refractivity contribution in [1.29, 1.82) is 0 Å². The zero-order valence-corrected chi connectivity index (χ0v) is 17.8. The number of aryl methyl sites for hydroxylation is 2. The number of aromatic nitrogens is 2. The first-order chi connectivity index (χ1) is 12.3. The molecule has 0 radical (unpaired) electrons. The summed E-state index contributed by atoms with van der Waals surface area (Å²) in [7, 11) is 1.87. The lowest BCUT2D eigenvalue weighted by atomic mass is 9.91. The molecule has 0 aromatic carbocycles. The molecular formula is C18H28ClN5O2S. The molecular weight excluding hydrogens is 386 g/mol. The number of nitrogens with zero attached hydrogens (tertiary/aromatic N) is 3. The predicted octanol–water partition coefficient (Wildman–Crippen LogP) is 2.07. The molecule has 2 atom stereocenters. The minimum Gasteiger partial charge on any atom is -0.341 e. The third-order valence-electron chi connectivity index (χ3n) is 5.23. The number of hydrogen-bond donors (Lipinski definition) is 2. The molecule has 1 saturated heterocycles. The zero-order chi connectivity index (χ0) is 19.0. The molecule has 2 aromatic heterocycles. The Bertz CT molecular complexity index is 789. The molecule has 0 saturated carbocycles. The van der Waals surface area contributed by atoms with Crippen LogP contribution in [0.3, 0.4) is 0 Å². The van der Waals surface area contributed by atoms with E-state index in [2.05, 4.69) is 10.4 Å². The fourth-order valence-electron chi connectivity index (χ4n) is 3.57. The number of likely N-dealkylation sites (tertiary alicyclic amines) is 1. The highest BCUT2D eigenvalue weighted by atomic mass is 35.5. The lowest BCUT2D eigenvalue weighted by molar-refractivity contribution is -0.134. The number of carbonyl (C=O) groups excluding carboxylic acids is 2. The van der Waals surface area contributed by atoms with Gasteiger partial charge in [-0.05, 0) is 45.6 Å². The Labute approximate surface area is 169 Å². The van der Waals surface area contributed by atoms with Crippen LogP contribution in [-0.4, -0.2) is 51.7 Å². The lowest BCUT2D eigenvalue weighted by Gasteiger charge is -2.35. The van der Waals surface area contributed by atoms with Crippen molar-refractivity contribution in [2.75, 3.05) is 13.1 Å². The summed E-state index contributed by atoms with van der Waals surface area (Å²) in [4.78, 5) is 28.6. The first-order valence-electron chi connectivity index (χ1n) is 9.06. The van der Waals surface area contributed by atoms with E-state index in [4.69, 9.17) is 5.73 Å². The highest BCUT2D eigenvalue weighted by Crippen LogP contribution is 2.27. The third-order valence-corrected chi connectivity index (χ3v) is 6.43. The van der Waals surface area contributed by atoms with E-state index in [-0.39, 0.29) is 30.3 Å². The monoisotopic (exact) mass is 413 g/mol. The highest BCUT2D eigenvalue weighted by Gasteiger charge is 2.28. The number of fused-ring (bicyclic) bond motifs is 1. The molecule has 1 aliphatic heterocycles. The van der Waals surface area contributed by atoms with Gasteiger partial charge in [-0.1, -0.05) is 0 Å². The number of halogens is 1. The van der Waals surface area contributed by atoms with Gasteiger partial charge in [-0.25, -0.2) is 0 Å². The fourth-order valence-corrected chi connectivity index (χ4v) is 4.59. The zero-order valence-electron chi connectivity index (χ0n) is 16.2. The summed E-state index contributed by atoms with van der Waals surface area (Å²) in [6.45, 7) is 7.11. The smallest absolute Gasteiger partial charge is 0.262 e. The molecule has 3 N–H and O–H groups in total. The van der Waals surface area contributed by atoms with E-state index in [0.29, 0.717) is 23.9 Å². The van der Waals surface area contributed by atoms with Gasteiger partial charge in [-0.3, -0.25) is 14.3 Å². The van der Waals surface area contributed by atoms with Crippen LogP contribution in [0.2, 0.25) is 0 Å². The van der Waals surface area contributed by atoms with Gasteiger partial charge in [0.2, 0.25) is 5.91 Å². The van der Waals surface area contributed by atoms with Crippen molar-refractivity contribution in [3.63, 3.8) is 0 Å². The Kier molecular flexibility index (Phi) is 6.88. The summed E-state index contributed by atoms with van der Waals surface area (Å²) >= 11 is 1.40. The Morgan fingerprint density at radius 1 is 1.33 bits per heavy atom. The molecule has 0 spiro atoms. The number of hydrogen-bond acceptors (Lipinski definition) is 5. The Hall–Kier alpha value is -1.64. The average Bonchev–Trinajstić information content (AvgIpc) is 3.16. The topological polar surface area (TPSA) is 93.2 Å². The number of carbonyl (C=O) groups is 2. The maximum absolute atomic E-state index is 12.6. The van der Waals surface area contributed by atoms with Gasteiger partial charge in [-0.2, -0.15) is 5.10 Å². The molecule has 7 nitrogen and oxygen atoms in total. The number of thiophene rings is 1. The van der Waals surface area contributed by atoms with Crippen LogP contribution in [0.5, 0.6) is 0 Å². The molecule has 1 fully saturated rings. The van der Waals surface area contributed by atoms with Gasteiger partial charge >= 0.3 is 0 Å². The van der Waals surface area contributed by atoms with Crippen molar-refractivity contribution in [2.24, 2.45) is 18.7 Å².